The molecule has 1 saturated heterocycles. The highest BCUT2D eigenvalue weighted by Crippen LogP contribution is 2.44. The van der Waals surface area contributed by atoms with E-state index in [1.165, 1.54) is 10.4 Å². The minimum atomic E-state index is -0.218. The number of hydrogen-bond acceptors (Lipinski definition) is 7. The molecule has 0 atom stereocenters. The lowest BCUT2D eigenvalue weighted by molar-refractivity contribution is -0.0771. The number of nitrogens with zero attached hydrogens (tertiary/aromatic N) is 2. The first kappa shape index (κ1) is 18.5. The van der Waals surface area contributed by atoms with Gasteiger partial charge in [-0.25, -0.2) is 0 Å². The van der Waals surface area contributed by atoms with Crippen LogP contribution in [0, 0.1) is 0 Å². The Kier molecular flexibility index (Phi) is 4.91. The third-order valence-corrected chi connectivity index (χ3v) is 6.88. The van der Waals surface area contributed by atoms with Crippen molar-refractivity contribution < 1.29 is 14.1 Å². The van der Waals surface area contributed by atoms with Gasteiger partial charge in [0.05, 0.1) is 23.7 Å². The number of fused-ring (bicyclic) bond motifs is 2. The fourth-order valence-corrected chi connectivity index (χ4v) is 5.35. The molecule has 150 valence electrons. The number of carbonyl (C=O) groups excluding carboxylic acids is 1. The van der Waals surface area contributed by atoms with Gasteiger partial charge in [-0.05, 0) is 56.1 Å². The molecule has 29 heavy (non-hydrogen) atoms. The Morgan fingerprint density at radius 3 is 2.97 bits per heavy atom. The summed E-state index contributed by atoms with van der Waals surface area (Å²) in [5, 5.41) is 10.4. The van der Waals surface area contributed by atoms with Crippen LogP contribution in [0.15, 0.2) is 41.1 Å². The van der Waals surface area contributed by atoms with Gasteiger partial charge in [0.1, 0.15) is 11.3 Å². The Hall–Kier alpha value is -2.55. The zero-order valence-electron chi connectivity index (χ0n) is 15.9. The molecule has 1 amide bonds. The molecule has 1 spiro atoms. The van der Waals surface area contributed by atoms with E-state index in [4.69, 9.17) is 9.26 Å². The molecule has 0 bridgehead atoms. The van der Waals surface area contributed by atoms with Gasteiger partial charge in [-0.15, -0.1) is 11.3 Å². The number of hydrogen-bond donors (Lipinski definition) is 2. The minimum Gasteiger partial charge on any atom is -0.369 e. The zero-order valence-corrected chi connectivity index (χ0v) is 16.8. The van der Waals surface area contributed by atoms with Crippen LogP contribution >= 0.6 is 11.3 Å². The molecule has 0 aromatic carbocycles. The number of aromatic nitrogens is 2. The molecule has 5 heterocycles. The molecule has 3 aromatic heterocycles. The lowest BCUT2D eigenvalue weighted by atomic mass is 9.86. The highest BCUT2D eigenvalue weighted by atomic mass is 32.1. The first-order chi connectivity index (χ1) is 14.2. The van der Waals surface area contributed by atoms with Crippen molar-refractivity contribution >= 4 is 17.2 Å². The second kappa shape index (κ2) is 7.70. The predicted octanol–water partition coefficient (Wildman–Crippen LogP) is 2.88. The van der Waals surface area contributed by atoms with Gasteiger partial charge in [0.25, 0.3) is 5.91 Å². The maximum absolute atomic E-state index is 12.8. The van der Waals surface area contributed by atoms with Gasteiger partial charge in [-0.1, -0.05) is 11.2 Å². The summed E-state index contributed by atoms with van der Waals surface area (Å²) in [6.45, 7) is 2.90. The van der Waals surface area contributed by atoms with Gasteiger partial charge in [0.2, 0.25) is 0 Å². The van der Waals surface area contributed by atoms with Crippen LogP contribution in [0.2, 0.25) is 0 Å². The van der Waals surface area contributed by atoms with Gasteiger partial charge >= 0.3 is 0 Å². The maximum atomic E-state index is 12.8. The van der Waals surface area contributed by atoms with Crippen molar-refractivity contribution in [3.63, 3.8) is 0 Å². The molecule has 7 nitrogen and oxygen atoms in total. The molecule has 0 saturated carbocycles. The van der Waals surface area contributed by atoms with Crippen LogP contribution in [0.5, 0.6) is 0 Å². The molecule has 2 aliphatic rings. The smallest absolute Gasteiger partial charge is 0.261 e. The maximum Gasteiger partial charge on any atom is 0.261 e. The van der Waals surface area contributed by atoms with Gasteiger partial charge in [0, 0.05) is 17.1 Å². The van der Waals surface area contributed by atoms with Crippen LogP contribution in [-0.2, 0) is 23.3 Å². The minimum absolute atomic E-state index is 0.0933. The second-order valence-electron chi connectivity index (χ2n) is 7.38. The Bertz CT molecular complexity index is 1010. The molecular weight excluding hydrogens is 388 g/mol. The highest BCUT2D eigenvalue weighted by molar-refractivity contribution is 7.14. The summed E-state index contributed by atoms with van der Waals surface area (Å²) >= 11 is 1.56. The van der Waals surface area contributed by atoms with Crippen molar-refractivity contribution in [2.75, 3.05) is 19.7 Å². The van der Waals surface area contributed by atoms with E-state index < -0.39 is 0 Å². The quantitative estimate of drug-likeness (QED) is 0.688. The third kappa shape index (κ3) is 3.59. The Morgan fingerprint density at radius 1 is 1.24 bits per heavy atom. The standard InChI is InChI=1S/C21H22N4O3S/c26-20(24-13-15-12-17(25-28-15)16-3-1-2-7-23-16)18-11-14-4-10-27-21(19(14)29-18)5-8-22-9-6-21/h1-3,7,11-12,22H,4-6,8-10,13H2,(H,24,26). The summed E-state index contributed by atoms with van der Waals surface area (Å²) < 4.78 is 11.6. The van der Waals surface area contributed by atoms with Crippen LogP contribution < -0.4 is 10.6 Å². The predicted molar refractivity (Wildman–Crippen MR) is 109 cm³/mol. The topological polar surface area (TPSA) is 89.3 Å². The Morgan fingerprint density at radius 2 is 2.14 bits per heavy atom. The average Bonchev–Trinajstić information content (AvgIpc) is 3.42. The van der Waals surface area contributed by atoms with E-state index in [2.05, 4.69) is 20.8 Å². The van der Waals surface area contributed by atoms with E-state index in [0.717, 1.165) is 49.5 Å². The van der Waals surface area contributed by atoms with Crippen molar-refractivity contribution in [1.29, 1.82) is 0 Å². The molecule has 2 aliphatic heterocycles. The van der Waals surface area contributed by atoms with Gasteiger partial charge in [-0.3, -0.25) is 9.78 Å². The number of nitrogens with one attached hydrogen (secondary N) is 2. The second-order valence-corrected chi connectivity index (χ2v) is 8.44. The lowest BCUT2D eigenvalue weighted by Gasteiger charge is -2.40. The number of thiophene rings is 1. The SMILES string of the molecule is O=C(NCc1cc(-c2ccccn2)no1)c1cc2c(s1)C1(CCNCC1)OCC2. The van der Waals surface area contributed by atoms with E-state index in [-0.39, 0.29) is 18.1 Å². The van der Waals surface area contributed by atoms with Crippen molar-refractivity contribution in [1.82, 2.24) is 20.8 Å². The first-order valence-electron chi connectivity index (χ1n) is 9.87. The van der Waals surface area contributed by atoms with Crippen LogP contribution in [0.1, 0.15) is 38.7 Å². The normalized spacial score (nSPS) is 17.8. The number of rotatable bonds is 4. The molecule has 1 fully saturated rings. The summed E-state index contributed by atoms with van der Waals surface area (Å²) in [4.78, 5) is 19.0. The van der Waals surface area contributed by atoms with E-state index in [1.54, 1.807) is 23.6 Å². The van der Waals surface area contributed by atoms with E-state index in [0.29, 0.717) is 11.5 Å². The van der Waals surface area contributed by atoms with E-state index in [1.807, 2.05) is 24.3 Å². The summed E-state index contributed by atoms with van der Waals surface area (Å²) in [6.07, 6.45) is 4.48. The fraction of sp³-hybridized carbons (Fsp3) is 0.381. The fourth-order valence-electron chi connectivity index (χ4n) is 4.02. The highest BCUT2D eigenvalue weighted by Gasteiger charge is 2.41. The third-order valence-electron chi connectivity index (χ3n) is 5.52. The number of ether oxygens (including phenoxy) is 1. The van der Waals surface area contributed by atoms with Gasteiger partial charge in [0.15, 0.2) is 5.76 Å². The Labute approximate surface area is 172 Å². The number of carbonyl (C=O) groups is 1. The van der Waals surface area contributed by atoms with Crippen LogP contribution in [-0.4, -0.2) is 35.7 Å². The van der Waals surface area contributed by atoms with Crippen molar-refractivity contribution in [2.45, 2.75) is 31.4 Å². The summed E-state index contributed by atoms with van der Waals surface area (Å²) in [5.74, 6) is 0.503. The Balaban J connectivity index is 1.28. The molecule has 0 radical (unpaired) electrons. The summed E-state index contributed by atoms with van der Waals surface area (Å²) in [6, 6.07) is 9.45. The number of amides is 1. The number of pyridine rings is 1. The first-order valence-corrected chi connectivity index (χ1v) is 10.7. The van der Waals surface area contributed by atoms with Crippen molar-refractivity contribution in [2.24, 2.45) is 0 Å². The molecule has 0 aliphatic carbocycles. The summed E-state index contributed by atoms with van der Waals surface area (Å²) in [7, 11) is 0. The van der Waals surface area contributed by atoms with Gasteiger partial charge < -0.3 is 19.9 Å². The molecular formula is C21H22N4O3S. The molecule has 3 aromatic rings. The molecule has 2 N–H and O–H groups in total. The largest absolute Gasteiger partial charge is 0.369 e. The van der Waals surface area contributed by atoms with Gasteiger partial charge in [-0.2, -0.15) is 0 Å². The van der Waals surface area contributed by atoms with Crippen molar-refractivity contribution in [3.8, 4) is 11.4 Å². The van der Waals surface area contributed by atoms with Crippen LogP contribution in [0.3, 0.4) is 0 Å². The monoisotopic (exact) mass is 410 g/mol. The van der Waals surface area contributed by atoms with Crippen molar-refractivity contribution in [3.05, 3.63) is 57.6 Å². The molecule has 5 rings (SSSR count). The average molecular weight is 410 g/mol. The van der Waals surface area contributed by atoms with Crippen LogP contribution in [0.25, 0.3) is 11.4 Å². The van der Waals surface area contributed by atoms with E-state index in [9.17, 15) is 4.79 Å². The van der Waals surface area contributed by atoms with E-state index >= 15 is 0 Å². The zero-order chi connectivity index (χ0) is 19.7. The summed E-state index contributed by atoms with van der Waals surface area (Å²) in [5.41, 5.74) is 2.44. The number of piperidine rings is 1. The molecule has 8 heteroatoms. The molecule has 0 unspecified atom stereocenters. The van der Waals surface area contributed by atoms with Crippen LogP contribution in [0.4, 0.5) is 0 Å². The lowest BCUT2D eigenvalue weighted by Crippen LogP contribution is -2.43.